The highest BCUT2D eigenvalue weighted by molar-refractivity contribution is 7.14. The van der Waals surface area contributed by atoms with Gasteiger partial charge in [0, 0.05) is 22.2 Å². The van der Waals surface area contributed by atoms with E-state index in [9.17, 15) is 14.4 Å². The van der Waals surface area contributed by atoms with Crippen molar-refractivity contribution in [1.29, 1.82) is 0 Å². The van der Waals surface area contributed by atoms with Crippen molar-refractivity contribution >= 4 is 56.9 Å². The number of carbonyl (C=O) groups is 3. The maximum Gasteiger partial charge on any atom is 0.267 e. The van der Waals surface area contributed by atoms with E-state index in [-0.39, 0.29) is 24.1 Å². The van der Waals surface area contributed by atoms with Crippen molar-refractivity contribution in [2.75, 3.05) is 16.0 Å². The Morgan fingerprint density at radius 3 is 2.37 bits per heavy atom. The second-order valence-electron chi connectivity index (χ2n) is 7.59. The van der Waals surface area contributed by atoms with Gasteiger partial charge in [-0.25, -0.2) is 4.98 Å². The smallest absolute Gasteiger partial charge is 0.267 e. The van der Waals surface area contributed by atoms with Crippen LogP contribution in [0.5, 0.6) is 0 Å². The van der Waals surface area contributed by atoms with E-state index < -0.39 is 5.41 Å². The lowest BCUT2D eigenvalue weighted by molar-refractivity contribution is -0.123. The molecule has 2 heterocycles. The molecule has 7 nitrogen and oxygen atoms in total. The summed E-state index contributed by atoms with van der Waals surface area (Å²) in [5, 5.41) is 12.4. The zero-order chi connectivity index (χ0) is 21.7. The van der Waals surface area contributed by atoms with E-state index >= 15 is 0 Å². The number of hydrogen-bond acceptors (Lipinski definition) is 6. The first-order chi connectivity index (χ1) is 14.2. The molecule has 0 spiro atoms. The Labute approximate surface area is 182 Å². The van der Waals surface area contributed by atoms with Crippen LogP contribution in [0.3, 0.4) is 0 Å². The molecule has 9 heteroatoms. The van der Waals surface area contributed by atoms with Gasteiger partial charge in [0.15, 0.2) is 5.13 Å². The molecule has 1 aromatic carbocycles. The van der Waals surface area contributed by atoms with Crippen LogP contribution in [0.25, 0.3) is 0 Å². The van der Waals surface area contributed by atoms with E-state index in [1.165, 1.54) is 22.7 Å². The van der Waals surface area contributed by atoms with E-state index in [4.69, 9.17) is 0 Å². The SMILES string of the molecule is CC(C)(C)C(=O)Nc1cccc(NC(=O)Cc2csc(NC(=O)c3cccs3)n2)c1. The summed E-state index contributed by atoms with van der Waals surface area (Å²) in [7, 11) is 0. The lowest BCUT2D eigenvalue weighted by Crippen LogP contribution is -2.27. The normalized spacial score (nSPS) is 11.0. The van der Waals surface area contributed by atoms with Crippen LogP contribution in [0.4, 0.5) is 16.5 Å². The Bertz CT molecular complexity index is 1050. The minimum Gasteiger partial charge on any atom is -0.326 e. The number of anilines is 3. The fourth-order valence-corrected chi connectivity index (χ4v) is 3.70. The van der Waals surface area contributed by atoms with Gasteiger partial charge in [-0.15, -0.1) is 22.7 Å². The molecule has 0 aliphatic rings. The van der Waals surface area contributed by atoms with Crippen molar-refractivity contribution in [2.24, 2.45) is 5.41 Å². The number of benzene rings is 1. The minimum atomic E-state index is -0.513. The molecule has 2 aromatic heterocycles. The third kappa shape index (κ3) is 5.98. The summed E-state index contributed by atoms with van der Waals surface area (Å²) >= 11 is 2.62. The number of thiazole rings is 1. The Morgan fingerprint density at radius 2 is 1.70 bits per heavy atom. The van der Waals surface area contributed by atoms with Crippen LogP contribution in [0, 0.1) is 5.41 Å². The van der Waals surface area contributed by atoms with Crippen molar-refractivity contribution in [2.45, 2.75) is 27.2 Å². The summed E-state index contributed by atoms with van der Waals surface area (Å²) in [4.78, 5) is 41.5. The van der Waals surface area contributed by atoms with Gasteiger partial charge in [0.2, 0.25) is 11.8 Å². The second kappa shape index (κ2) is 9.19. The zero-order valence-corrected chi connectivity index (χ0v) is 18.4. The zero-order valence-electron chi connectivity index (χ0n) is 16.8. The molecule has 0 saturated heterocycles. The molecular formula is C21H22N4O3S2. The molecule has 0 radical (unpaired) electrons. The molecule has 3 N–H and O–H groups in total. The van der Waals surface area contributed by atoms with E-state index in [1.54, 1.807) is 41.8 Å². The first kappa shape index (κ1) is 21.7. The predicted octanol–water partition coefficient (Wildman–Crippen LogP) is 4.62. The van der Waals surface area contributed by atoms with Crippen LogP contribution in [0.1, 0.15) is 36.1 Å². The Hall–Kier alpha value is -3.04. The van der Waals surface area contributed by atoms with Crippen LogP contribution in [-0.2, 0) is 16.0 Å². The van der Waals surface area contributed by atoms with Gasteiger partial charge in [0.25, 0.3) is 5.91 Å². The van der Waals surface area contributed by atoms with Gasteiger partial charge in [-0.3, -0.25) is 19.7 Å². The predicted molar refractivity (Wildman–Crippen MR) is 121 cm³/mol. The Balaban J connectivity index is 1.56. The van der Waals surface area contributed by atoms with Crippen LogP contribution in [0.15, 0.2) is 47.2 Å². The average Bonchev–Trinajstić information content (AvgIpc) is 3.33. The van der Waals surface area contributed by atoms with Gasteiger partial charge >= 0.3 is 0 Å². The lowest BCUT2D eigenvalue weighted by Gasteiger charge is -2.18. The van der Waals surface area contributed by atoms with E-state index in [1.807, 2.05) is 26.2 Å². The third-order valence-corrected chi connectivity index (χ3v) is 5.62. The van der Waals surface area contributed by atoms with Crippen molar-refractivity contribution < 1.29 is 14.4 Å². The minimum absolute atomic E-state index is 0.0734. The third-order valence-electron chi connectivity index (χ3n) is 3.94. The molecule has 3 rings (SSSR count). The molecule has 0 unspecified atom stereocenters. The largest absolute Gasteiger partial charge is 0.326 e. The van der Waals surface area contributed by atoms with Gasteiger partial charge in [-0.1, -0.05) is 32.9 Å². The second-order valence-corrected chi connectivity index (χ2v) is 9.39. The van der Waals surface area contributed by atoms with Gasteiger partial charge in [-0.2, -0.15) is 0 Å². The first-order valence-corrected chi connectivity index (χ1v) is 11.0. The summed E-state index contributed by atoms with van der Waals surface area (Å²) in [6.07, 6.45) is 0.0734. The highest BCUT2D eigenvalue weighted by Crippen LogP contribution is 2.21. The highest BCUT2D eigenvalue weighted by atomic mass is 32.1. The molecule has 0 fully saturated rings. The molecule has 30 heavy (non-hydrogen) atoms. The van der Waals surface area contributed by atoms with Crippen molar-refractivity contribution in [3.8, 4) is 0 Å². The van der Waals surface area contributed by atoms with Crippen LogP contribution < -0.4 is 16.0 Å². The molecule has 3 amide bonds. The number of nitrogens with one attached hydrogen (secondary N) is 3. The Morgan fingerprint density at radius 1 is 0.967 bits per heavy atom. The fourth-order valence-electron chi connectivity index (χ4n) is 2.38. The summed E-state index contributed by atoms with van der Waals surface area (Å²) < 4.78 is 0. The standard InChI is InChI=1S/C21H22N4O3S2/c1-21(2,3)19(28)23-14-7-4-6-13(10-14)22-17(26)11-15-12-30-20(24-15)25-18(27)16-8-5-9-29-16/h4-10,12H,11H2,1-3H3,(H,22,26)(H,23,28)(H,24,25,27). The number of hydrogen-bond donors (Lipinski definition) is 3. The monoisotopic (exact) mass is 442 g/mol. The Kier molecular flexibility index (Phi) is 6.63. The van der Waals surface area contributed by atoms with Crippen molar-refractivity contribution in [3.63, 3.8) is 0 Å². The van der Waals surface area contributed by atoms with Gasteiger partial charge in [0.1, 0.15) is 0 Å². The van der Waals surface area contributed by atoms with Crippen molar-refractivity contribution in [1.82, 2.24) is 4.98 Å². The first-order valence-electron chi connectivity index (χ1n) is 9.21. The summed E-state index contributed by atoms with van der Waals surface area (Å²) in [6.45, 7) is 5.50. The number of rotatable bonds is 6. The maximum atomic E-state index is 12.4. The molecule has 0 aliphatic carbocycles. The number of thiophene rings is 1. The molecule has 156 valence electrons. The van der Waals surface area contributed by atoms with E-state index in [0.29, 0.717) is 27.1 Å². The molecular weight excluding hydrogens is 420 g/mol. The number of carbonyl (C=O) groups excluding carboxylic acids is 3. The number of aromatic nitrogens is 1. The number of amides is 3. The van der Waals surface area contributed by atoms with Crippen LogP contribution in [0.2, 0.25) is 0 Å². The lowest BCUT2D eigenvalue weighted by atomic mass is 9.95. The number of nitrogens with zero attached hydrogens (tertiary/aromatic N) is 1. The highest BCUT2D eigenvalue weighted by Gasteiger charge is 2.21. The molecule has 0 atom stereocenters. The van der Waals surface area contributed by atoms with Crippen LogP contribution >= 0.6 is 22.7 Å². The molecule has 0 bridgehead atoms. The summed E-state index contributed by atoms with van der Waals surface area (Å²) in [5.41, 5.74) is 1.24. The molecule has 0 saturated carbocycles. The van der Waals surface area contributed by atoms with Crippen LogP contribution in [-0.4, -0.2) is 22.7 Å². The van der Waals surface area contributed by atoms with Crippen molar-refractivity contribution in [3.05, 3.63) is 57.7 Å². The quantitative estimate of drug-likeness (QED) is 0.518. The maximum absolute atomic E-state index is 12.4. The fraction of sp³-hybridized carbons (Fsp3) is 0.238. The molecule has 3 aromatic rings. The van der Waals surface area contributed by atoms with Gasteiger partial charge in [0.05, 0.1) is 17.0 Å². The summed E-state index contributed by atoms with van der Waals surface area (Å²) in [6, 6.07) is 10.5. The van der Waals surface area contributed by atoms with Gasteiger partial charge < -0.3 is 10.6 Å². The average molecular weight is 443 g/mol. The van der Waals surface area contributed by atoms with E-state index in [2.05, 4.69) is 20.9 Å². The topological polar surface area (TPSA) is 100 Å². The summed E-state index contributed by atoms with van der Waals surface area (Å²) in [5.74, 6) is -0.564. The van der Waals surface area contributed by atoms with E-state index in [0.717, 1.165) is 0 Å². The molecule has 0 aliphatic heterocycles. The van der Waals surface area contributed by atoms with Gasteiger partial charge in [-0.05, 0) is 29.6 Å².